The van der Waals surface area contributed by atoms with Gasteiger partial charge in [0.1, 0.15) is 18.0 Å². The molecule has 0 bridgehead atoms. The highest BCUT2D eigenvalue weighted by Crippen LogP contribution is 2.35. The van der Waals surface area contributed by atoms with Crippen LogP contribution in [0.15, 0.2) is 36.9 Å². The number of benzene rings is 1. The first-order valence-electron chi connectivity index (χ1n) is 15.3. The van der Waals surface area contributed by atoms with Crippen molar-refractivity contribution in [1.29, 1.82) is 0 Å². The van der Waals surface area contributed by atoms with Gasteiger partial charge in [-0.05, 0) is 38.4 Å². The van der Waals surface area contributed by atoms with Gasteiger partial charge < -0.3 is 28.4 Å². The average molecular weight is 656 g/mol. The van der Waals surface area contributed by atoms with Gasteiger partial charge in [0.05, 0.1) is 26.5 Å². The van der Waals surface area contributed by atoms with Crippen LogP contribution in [-0.4, -0.2) is 77.9 Å². The van der Waals surface area contributed by atoms with Crippen LogP contribution in [0.3, 0.4) is 0 Å². The first-order valence-corrected chi connectivity index (χ1v) is 19.0. The number of aromatic nitrogens is 4. The second-order valence-corrected chi connectivity index (χ2v) is 19.5. The van der Waals surface area contributed by atoms with Crippen LogP contribution in [0.25, 0.3) is 22.2 Å². The van der Waals surface area contributed by atoms with Gasteiger partial charge in [0, 0.05) is 80.9 Å². The first kappa shape index (κ1) is 33.4. The summed E-state index contributed by atoms with van der Waals surface area (Å²) in [5.41, 5.74) is 2.22. The van der Waals surface area contributed by atoms with Gasteiger partial charge in [0.25, 0.3) is 0 Å². The molecule has 13 heteroatoms. The lowest BCUT2D eigenvalue weighted by Gasteiger charge is -2.39. The number of carbonyl (C=O) groups excluding carboxylic acids is 1. The van der Waals surface area contributed by atoms with Crippen molar-refractivity contribution >= 4 is 25.2 Å². The summed E-state index contributed by atoms with van der Waals surface area (Å²) in [6, 6.07) is 4.20. The maximum atomic E-state index is 15.4. The Labute approximate surface area is 269 Å². The number of pyridine rings is 1. The monoisotopic (exact) mass is 655 g/mol. The number of hydrogen-bond donors (Lipinski definition) is 0. The van der Waals surface area contributed by atoms with Crippen LogP contribution in [0.1, 0.15) is 37.9 Å². The molecule has 1 fully saturated rings. The fourth-order valence-electron chi connectivity index (χ4n) is 5.25. The predicted octanol–water partition coefficient (Wildman–Crippen LogP) is 6.89. The van der Waals surface area contributed by atoms with Crippen molar-refractivity contribution in [1.82, 2.24) is 24.2 Å². The molecule has 248 valence electrons. The Morgan fingerprint density at radius 3 is 2.28 bits per heavy atom. The zero-order chi connectivity index (χ0) is 33.4. The van der Waals surface area contributed by atoms with E-state index in [1.54, 1.807) is 17.3 Å². The molecule has 1 amide bonds. The largest absolute Gasteiger partial charge is 0.494 e. The van der Waals surface area contributed by atoms with Gasteiger partial charge in [-0.25, -0.2) is 18.6 Å². The van der Waals surface area contributed by atoms with Crippen LogP contribution in [-0.2, 0) is 22.6 Å². The number of methoxy groups -OCH3 is 2. The summed E-state index contributed by atoms with van der Waals surface area (Å²) in [4.78, 5) is 18.8. The summed E-state index contributed by atoms with van der Waals surface area (Å²) in [6.45, 7) is 14.3. The molecule has 3 aromatic heterocycles. The number of amides is 1. The molecular weight excluding hydrogens is 612 g/mol. The molecule has 0 spiro atoms. The fourth-order valence-corrected chi connectivity index (χ4v) is 6.00. The third kappa shape index (κ3) is 7.36. The van der Waals surface area contributed by atoms with Crippen LogP contribution in [0, 0.1) is 11.6 Å². The highest BCUT2D eigenvalue weighted by molar-refractivity contribution is 6.76. The van der Waals surface area contributed by atoms with Gasteiger partial charge in [-0.1, -0.05) is 19.6 Å². The lowest BCUT2D eigenvalue weighted by Crippen LogP contribution is -2.52. The summed E-state index contributed by atoms with van der Waals surface area (Å²) in [5, 5.41) is 5.29. The molecule has 4 aromatic rings. The smallest absolute Gasteiger partial charge is 0.410 e. The number of carbonyl (C=O) groups is 1. The van der Waals surface area contributed by atoms with E-state index in [1.807, 2.05) is 48.5 Å². The molecule has 0 aliphatic carbocycles. The van der Waals surface area contributed by atoms with E-state index in [9.17, 15) is 4.79 Å². The molecule has 1 aliphatic heterocycles. The normalized spacial score (nSPS) is 14.1. The van der Waals surface area contributed by atoms with Crippen LogP contribution in [0.5, 0.6) is 11.5 Å². The molecule has 4 heterocycles. The van der Waals surface area contributed by atoms with Crippen LogP contribution >= 0.6 is 0 Å². The Morgan fingerprint density at radius 2 is 1.67 bits per heavy atom. The van der Waals surface area contributed by atoms with E-state index in [-0.39, 0.29) is 42.3 Å². The lowest BCUT2D eigenvalue weighted by atomic mass is 10.0. The zero-order valence-corrected chi connectivity index (χ0v) is 28.8. The quantitative estimate of drug-likeness (QED) is 0.128. The summed E-state index contributed by atoms with van der Waals surface area (Å²) in [5.74, 6) is -1.75. The first-order chi connectivity index (χ1) is 21.7. The highest BCUT2D eigenvalue weighted by atomic mass is 28.3. The molecule has 1 aliphatic rings. The number of likely N-dealkylation sites (tertiary alicyclic amines) is 1. The predicted molar refractivity (Wildman–Crippen MR) is 174 cm³/mol. The van der Waals surface area contributed by atoms with Crippen molar-refractivity contribution < 1.29 is 32.5 Å². The van der Waals surface area contributed by atoms with Crippen molar-refractivity contribution in [3.05, 3.63) is 59.7 Å². The Morgan fingerprint density at radius 1 is 1.00 bits per heavy atom. The summed E-state index contributed by atoms with van der Waals surface area (Å²) < 4.78 is 56.4. The van der Waals surface area contributed by atoms with E-state index < -0.39 is 25.3 Å². The van der Waals surface area contributed by atoms with Crippen molar-refractivity contribution in [2.75, 3.05) is 33.9 Å². The topological polar surface area (TPSA) is 92.9 Å². The van der Waals surface area contributed by atoms with Crippen LogP contribution in [0.4, 0.5) is 13.6 Å². The SMILES string of the molecule is COc1cc(OC)c(F)c(Cc2cn(COCC[Si](C)(C)C)c3ncc(-c4cnn(C5CN(C(=O)OC(C)(C)C)C5)c4)cc23)c1F. The molecule has 0 N–H and O–H groups in total. The summed E-state index contributed by atoms with van der Waals surface area (Å²) >= 11 is 0. The van der Waals surface area contributed by atoms with Crippen molar-refractivity contribution in [2.45, 2.75) is 71.3 Å². The minimum Gasteiger partial charge on any atom is -0.494 e. The number of rotatable bonds is 11. The average Bonchev–Trinajstić information content (AvgIpc) is 3.56. The van der Waals surface area contributed by atoms with Crippen molar-refractivity contribution in [2.24, 2.45) is 0 Å². The van der Waals surface area contributed by atoms with Crippen LogP contribution < -0.4 is 9.47 Å². The summed E-state index contributed by atoms with van der Waals surface area (Å²) in [6.07, 6.45) is 6.87. The molecular formula is C33H43F2N5O5Si. The van der Waals surface area contributed by atoms with Crippen molar-refractivity contribution in [3.8, 4) is 22.6 Å². The molecule has 5 rings (SSSR count). The minimum absolute atomic E-state index is 0.0249. The Kier molecular flexibility index (Phi) is 9.46. The maximum absolute atomic E-state index is 15.4. The molecule has 1 saturated heterocycles. The second kappa shape index (κ2) is 13.0. The highest BCUT2D eigenvalue weighted by Gasteiger charge is 2.35. The maximum Gasteiger partial charge on any atom is 0.410 e. The number of halogens is 2. The van der Waals surface area contributed by atoms with Gasteiger partial charge in [-0.3, -0.25) is 4.68 Å². The van der Waals surface area contributed by atoms with Gasteiger partial charge in [-0.2, -0.15) is 5.10 Å². The third-order valence-corrected chi connectivity index (χ3v) is 9.58. The number of fused-ring (bicyclic) bond motifs is 1. The Hall–Kier alpha value is -3.97. The van der Waals surface area contributed by atoms with E-state index in [2.05, 4.69) is 24.7 Å². The molecule has 0 atom stereocenters. The van der Waals surface area contributed by atoms with E-state index in [4.69, 9.17) is 23.9 Å². The minimum atomic E-state index is -1.29. The fraction of sp³-hybridized carbons (Fsp3) is 0.485. The van der Waals surface area contributed by atoms with Crippen molar-refractivity contribution in [3.63, 3.8) is 0 Å². The number of ether oxygens (including phenoxy) is 4. The van der Waals surface area contributed by atoms with Gasteiger partial charge in [-0.15, -0.1) is 0 Å². The molecule has 10 nitrogen and oxygen atoms in total. The standard InChI is InChI=1S/C33H43F2N5O5Si/c1-33(2,3)45-32(41)38-18-24(19-38)40-17-23(15-37-40)21-11-25-22(12-26-29(34)27(42-4)13-28(43-5)30(26)35)16-39(31(25)36-14-21)20-44-9-10-46(6,7)8/h11,13-17,24H,9-10,12,18-20H2,1-8H3. The lowest BCUT2D eigenvalue weighted by molar-refractivity contribution is -0.000386. The van der Waals surface area contributed by atoms with E-state index in [0.29, 0.717) is 30.9 Å². The van der Waals surface area contributed by atoms with Gasteiger partial charge in [0.15, 0.2) is 23.1 Å². The van der Waals surface area contributed by atoms with E-state index >= 15 is 8.78 Å². The molecule has 0 unspecified atom stereocenters. The van der Waals surface area contributed by atoms with Crippen LogP contribution in [0.2, 0.25) is 25.7 Å². The number of nitrogens with zero attached hydrogens (tertiary/aromatic N) is 5. The van der Waals surface area contributed by atoms with Gasteiger partial charge in [0.2, 0.25) is 0 Å². The van der Waals surface area contributed by atoms with E-state index in [1.165, 1.54) is 20.3 Å². The molecule has 0 saturated carbocycles. The summed E-state index contributed by atoms with van der Waals surface area (Å²) in [7, 11) is 1.38. The molecule has 0 radical (unpaired) electrons. The zero-order valence-electron chi connectivity index (χ0n) is 27.8. The Balaban J connectivity index is 1.44. The Bertz CT molecular complexity index is 1690. The van der Waals surface area contributed by atoms with Gasteiger partial charge >= 0.3 is 6.09 Å². The third-order valence-electron chi connectivity index (χ3n) is 7.88. The van der Waals surface area contributed by atoms with E-state index in [0.717, 1.165) is 22.6 Å². The molecule has 1 aromatic carbocycles. The number of hydrogen-bond acceptors (Lipinski definition) is 7. The molecule has 46 heavy (non-hydrogen) atoms. The second-order valence-electron chi connectivity index (χ2n) is 13.9.